The highest BCUT2D eigenvalue weighted by molar-refractivity contribution is 5.88. The van der Waals surface area contributed by atoms with Crippen molar-refractivity contribution in [3.8, 4) is 0 Å². The van der Waals surface area contributed by atoms with E-state index in [9.17, 15) is 18.0 Å². The molecule has 1 N–H and O–H groups in total. The van der Waals surface area contributed by atoms with Crippen LogP contribution >= 0.6 is 0 Å². The van der Waals surface area contributed by atoms with Gasteiger partial charge in [-0.1, -0.05) is 0 Å². The number of likely N-dealkylation sites (tertiary alicyclic amines) is 1. The van der Waals surface area contributed by atoms with Crippen LogP contribution in [0.4, 0.5) is 13.2 Å². The largest absolute Gasteiger partial charge is 0.391 e. The average Bonchev–Trinajstić information content (AvgIpc) is 3.02. The second-order valence-corrected chi connectivity index (χ2v) is 6.01. The average molecular weight is 357 g/mol. The Bertz CT molecular complexity index is 642. The summed E-state index contributed by atoms with van der Waals surface area (Å²) in [6, 6.07) is 0. The molecule has 1 aromatic rings. The maximum atomic E-state index is 12.7. The lowest BCUT2D eigenvalue weighted by Gasteiger charge is -2.32. The Morgan fingerprint density at radius 3 is 2.68 bits per heavy atom. The van der Waals surface area contributed by atoms with E-state index in [0.29, 0.717) is 37.6 Å². The number of aromatic nitrogens is 2. The van der Waals surface area contributed by atoms with Gasteiger partial charge in [0.1, 0.15) is 12.1 Å². The van der Waals surface area contributed by atoms with Crippen LogP contribution in [0.2, 0.25) is 0 Å². The normalized spacial score (nSPS) is 18.4. The molecule has 6 nitrogen and oxygen atoms in total. The zero-order valence-electron chi connectivity index (χ0n) is 14.3. The first kappa shape index (κ1) is 19.2. The third-order valence-electron chi connectivity index (χ3n) is 4.21. The highest BCUT2D eigenvalue weighted by atomic mass is 19.4. The van der Waals surface area contributed by atoms with Gasteiger partial charge in [-0.3, -0.25) is 14.7 Å². The van der Waals surface area contributed by atoms with Gasteiger partial charge in [0.05, 0.1) is 18.0 Å². The topological polar surface area (TPSA) is 62.5 Å². The van der Waals surface area contributed by atoms with Crippen LogP contribution in [0.1, 0.15) is 25.3 Å². The minimum Gasteiger partial charge on any atom is -0.329 e. The number of halogens is 3. The van der Waals surface area contributed by atoms with Gasteiger partial charge in [0.2, 0.25) is 0 Å². The molecule has 0 atom stereocenters. The van der Waals surface area contributed by atoms with Crippen molar-refractivity contribution in [2.24, 2.45) is 10.9 Å². The van der Waals surface area contributed by atoms with Crippen LogP contribution in [-0.2, 0) is 11.3 Å². The molecule has 1 aliphatic heterocycles. The SMILES string of the molecule is CN=C(C)N/C(=C\C=O)n1cc(CN2CCC(C(F)(F)F)CC2)cn1. The van der Waals surface area contributed by atoms with Crippen molar-refractivity contribution >= 4 is 17.9 Å². The second kappa shape index (κ2) is 8.28. The number of rotatable bonds is 5. The van der Waals surface area contributed by atoms with Crippen molar-refractivity contribution in [2.75, 3.05) is 20.1 Å². The number of allylic oxidation sites excluding steroid dienone is 1. The molecular weight excluding hydrogens is 335 g/mol. The highest BCUT2D eigenvalue weighted by Crippen LogP contribution is 2.34. The number of nitrogens with zero attached hydrogens (tertiary/aromatic N) is 4. The molecule has 0 spiro atoms. The number of amidine groups is 1. The minimum absolute atomic E-state index is 0.127. The number of carbonyl (C=O) groups is 1. The Balaban J connectivity index is 1.97. The summed E-state index contributed by atoms with van der Waals surface area (Å²) in [4.78, 5) is 16.8. The number of nitrogens with one attached hydrogen (secondary N) is 1. The fourth-order valence-corrected chi connectivity index (χ4v) is 2.73. The van der Waals surface area contributed by atoms with Crippen molar-refractivity contribution in [1.82, 2.24) is 20.0 Å². The number of aldehydes is 1. The molecule has 138 valence electrons. The Hall–Kier alpha value is -2.16. The summed E-state index contributed by atoms with van der Waals surface area (Å²) in [5, 5.41) is 7.17. The first-order chi connectivity index (χ1) is 11.8. The zero-order valence-corrected chi connectivity index (χ0v) is 14.3. The van der Waals surface area contributed by atoms with E-state index in [-0.39, 0.29) is 12.8 Å². The van der Waals surface area contributed by atoms with Crippen LogP contribution in [0, 0.1) is 5.92 Å². The number of hydrogen-bond acceptors (Lipinski definition) is 4. The molecule has 25 heavy (non-hydrogen) atoms. The van der Waals surface area contributed by atoms with Crippen LogP contribution in [0.25, 0.3) is 5.82 Å². The molecule has 0 bridgehead atoms. The Morgan fingerprint density at radius 2 is 2.12 bits per heavy atom. The first-order valence-corrected chi connectivity index (χ1v) is 8.02. The number of aliphatic imine (C=N–C) groups is 1. The molecule has 0 amide bonds. The number of hydrogen-bond donors (Lipinski definition) is 1. The quantitative estimate of drug-likeness (QED) is 0.380. The molecule has 0 unspecified atom stereocenters. The molecular formula is C16H22F3N5O. The van der Waals surface area contributed by atoms with E-state index in [1.54, 1.807) is 26.4 Å². The van der Waals surface area contributed by atoms with E-state index in [4.69, 9.17) is 0 Å². The molecule has 9 heteroatoms. The van der Waals surface area contributed by atoms with Crippen LogP contribution < -0.4 is 5.32 Å². The van der Waals surface area contributed by atoms with Crippen molar-refractivity contribution < 1.29 is 18.0 Å². The Kier molecular flexibility index (Phi) is 6.35. The van der Waals surface area contributed by atoms with Crippen LogP contribution in [0.5, 0.6) is 0 Å². The fourth-order valence-electron chi connectivity index (χ4n) is 2.73. The standard InChI is InChI=1S/C16H22F3N5O/c1-12(20-2)22-15(5-8-25)24-11-13(9-21-24)10-23-6-3-14(4-7-23)16(17,18)19/h5,8-9,11,14H,3-4,6-7,10H2,1-2H3,(H,20,22)/b15-5+. The van der Waals surface area contributed by atoms with Gasteiger partial charge in [0.15, 0.2) is 0 Å². The molecule has 0 aromatic carbocycles. The summed E-state index contributed by atoms with van der Waals surface area (Å²) < 4.78 is 39.6. The summed E-state index contributed by atoms with van der Waals surface area (Å²) in [5.74, 6) is -0.117. The van der Waals surface area contributed by atoms with Crippen molar-refractivity contribution in [3.63, 3.8) is 0 Å². The smallest absolute Gasteiger partial charge is 0.329 e. The minimum atomic E-state index is -4.10. The lowest BCUT2D eigenvalue weighted by molar-refractivity contribution is -0.185. The Morgan fingerprint density at radius 1 is 1.44 bits per heavy atom. The predicted octanol–water partition coefficient (Wildman–Crippen LogP) is 2.29. The van der Waals surface area contributed by atoms with Gasteiger partial charge >= 0.3 is 6.18 Å². The van der Waals surface area contributed by atoms with Gasteiger partial charge in [0.25, 0.3) is 0 Å². The molecule has 1 aromatic heterocycles. The summed E-state index contributed by atoms with van der Waals surface area (Å²) in [7, 11) is 1.62. The lowest BCUT2D eigenvalue weighted by atomic mass is 9.96. The lowest BCUT2D eigenvalue weighted by Crippen LogP contribution is -2.38. The van der Waals surface area contributed by atoms with Crippen molar-refractivity contribution in [1.29, 1.82) is 0 Å². The zero-order chi connectivity index (χ0) is 18.4. The third kappa shape index (κ3) is 5.42. The molecule has 1 aliphatic rings. The van der Waals surface area contributed by atoms with Gasteiger partial charge in [-0.05, 0) is 32.9 Å². The van der Waals surface area contributed by atoms with E-state index in [1.807, 2.05) is 4.90 Å². The van der Waals surface area contributed by atoms with E-state index < -0.39 is 12.1 Å². The van der Waals surface area contributed by atoms with Crippen LogP contribution in [0.15, 0.2) is 23.5 Å². The van der Waals surface area contributed by atoms with Gasteiger partial charge in [-0.15, -0.1) is 0 Å². The van der Waals surface area contributed by atoms with Crippen LogP contribution in [-0.4, -0.2) is 53.1 Å². The maximum absolute atomic E-state index is 12.7. The van der Waals surface area contributed by atoms with Crippen molar-refractivity contribution in [2.45, 2.75) is 32.5 Å². The molecule has 0 radical (unpaired) electrons. The summed E-state index contributed by atoms with van der Waals surface area (Å²) in [6.45, 7) is 3.10. The van der Waals surface area contributed by atoms with Crippen molar-refractivity contribution in [3.05, 3.63) is 24.0 Å². The number of carbonyl (C=O) groups excluding carboxylic acids is 1. The molecule has 1 fully saturated rings. The van der Waals surface area contributed by atoms with E-state index in [2.05, 4.69) is 15.4 Å². The van der Waals surface area contributed by atoms with Gasteiger partial charge in [-0.25, -0.2) is 4.68 Å². The van der Waals surface area contributed by atoms with Gasteiger partial charge < -0.3 is 5.32 Å². The predicted molar refractivity (Wildman–Crippen MR) is 88.8 cm³/mol. The van der Waals surface area contributed by atoms with E-state index in [0.717, 1.165) is 5.56 Å². The van der Waals surface area contributed by atoms with Gasteiger partial charge in [-0.2, -0.15) is 18.3 Å². The summed E-state index contributed by atoms with van der Waals surface area (Å²) in [6.07, 6.45) is 1.53. The highest BCUT2D eigenvalue weighted by Gasteiger charge is 2.40. The Labute approximate surface area is 144 Å². The monoisotopic (exact) mass is 357 g/mol. The second-order valence-electron chi connectivity index (χ2n) is 6.01. The van der Waals surface area contributed by atoms with E-state index in [1.165, 1.54) is 10.8 Å². The van der Waals surface area contributed by atoms with E-state index >= 15 is 0 Å². The fraction of sp³-hybridized carbons (Fsp3) is 0.562. The molecule has 2 rings (SSSR count). The number of piperidine rings is 1. The van der Waals surface area contributed by atoms with Crippen LogP contribution in [0.3, 0.4) is 0 Å². The summed E-state index contributed by atoms with van der Waals surface area (Å²) in [5.41, 5.74) is 0.871. The maximum Gasteiger partial charge on any atom is 0.391 e. The van der Waals surface area contributed by atoms with Gasteiger partial charge in [0, 0.05) is 31.4 Å². The third-order valence-corrected chi connectivity index (χ3v) is 4.21. The molecule has 0 aliphatic carbocycles. The molecule has 1 saturated heterocycles. The molecule has 0 saturated carbocycles. The first-order valence-electron chi connectivity index (χ1n) is 8.02. The molecule has 2 heterocycles. The summed E-state index contributed by atoms with van der Waals surface area (Å²) >= 11 is 0. The number of alkyl halides is 3.